The molecule has 0 aromatic heterocycles. The first kappa shape index (κ1) is 10.3. The van der Waals surface area contributed by atoms with E-state index in [9.17, 15) is 4.79 Å². The van der Waals surface area contributed by atoms with E-state index in [0.29, 0.717) is 6.42 Å². The number of hydrogen-bond donors (Lipinski definition) is 0. The highest BCUT2D eigenvalue weighted by atomic mass is 32.2. The number of Topliss-reactive ketones (excluding diaryl/α,β-unsaturated/α-hetero) is 1. The number of nitrogens with zero attached hydrogens (tertiary/aromatic N) is 1. The van der Waals surface area contributed by atoms with E-state index >= 15 is 0 Å². The highest BCUT2D eigenvalue weighted by Gasteiger charge is 2.27. The van der Waals surface area contributed by atoms with Crippen molar-refractivity contribution in [3.8, 4) is 6.07 Å². The van der Waals surface area contributed by atoms with Crippen LogP contribution in [-0.4, -0.2) is 11.5 Å². The van der Waals surface area contributed by atoms with Gasteiger partial charge in [0.2, 0.25) is 0 Å². The Morgan fingerprint density at radius 1 is 1.60 bits per heavy atom. The van der Waals surface area contributed by atoms with Crippen molar-refractivity contribution in [2.45, 2.75) is 18.2 Å². The van der Waals surface area contributed by atoms with Gasteiger partial charge in [0, 0.05) is 28.6 Å². The van der Waals surface area contributed by atoms with Crippen LogP contribution in [0.3, 0.4) is 0 Å². The topological polar surface area (TPSA) is 40.9 Å². The zero-order valence-electron chi connectivity index (χ0n) is 8.49. The standard InChI is InChI=1S/C12H11NOS/c1-8-2-3-11-10(6-8)12(14)9(4-5-13)7-15-11/h2-3,6,9H,4,7H2,1H3. The zero-order valence-corrected chi connectivity index (χ0v) is 9.30. The maximum atomic E-state index is 12.0. The van der Waals surface area contributed by atoms with Gasteiger partial charge in [0.05, 0.1) is 6.07 Å². The van der Waals surface area contributed by atoms with Crippen molar-refractivity contribution < 1.29 is 4.79 Å². The lowest BCUT2D eigenvalue weighted by Gasteiger charge is -2.21. The summed E-state index contributed by atoms with van der Waals surface area (Å²) in [7, 11) is 0. The van der Waals surface area contributed by atoms with Gasteiger partial charge in [-0.3, -0.25) is 4.79 Å². The second-order valence-corrected chi connectivity index (χ2v) is 4.80. The maximum Gasteiger partial charge on any atom is 0.168 e. The van der Waals surface area contributed by atoms with E-state index in [1.165, 1.54) is 0 Å². The number of nitriles is 1. The summed E-state index contributed by atoms with van der Waals surface area (Å²) in [6.45, 7) is 1.98. The van der Waals surface area contributed by atoms with Gasteiger partial charge in [0.15, 0.2) is 5.78 Å². The molecule has 1 atom stereocenters. The molecule has 0 N–H and O–H groups in total. The van der Waals surface area contributed by atoms with Gasteiger partial charge in [-0.1, -0.05) is 11.6 Å². The van der Waals surface area contributed by atoms with Crippen molar-refractivity contribution in [1.29, 1.82) is 5.26 Å². The molecule has 15 heavy (non-hydrogen) atoms. The predicted molar refractivity (Wildman–Crippen MR) is 60.0 cm³/mol. The molecule has 0 saturated carbocycles. The minimum Gasteiger partial charge on any atom is -0.294 e. The fraction of sp³-hybridized carbons (Fsp3) is 0.333. The van der Waals surface area contributed by atoms with E-state index in [2.05, 4.69) is 6.07 Å². The SMILES string of the molecule is Cc1ccc2c(c1)C(=O)C(CC#N)CS2. The molecule has 1 aliphatic heterocycles. The van der Waals surface area contributed by atoms with Crippen LogP contribution in [0.4, 0.5) is 0 Å². The summed E-state index contributed by atoms with van der Waals surface area (Å²) in [5, 5.41) is 8.63. The third kappa shape index (κ3) is 1.91. The Hall–Kier alpha value is -1.27. The lowest BCUT2D eigenvalue weighted by atomic mass is 9.95. The van der Waals surface area contributed by atoms with Gasteiger partial charge in [-0.25, -0.2) is 0 Å². The number of hydrogen-bond acceptors (Lipinski definition) is 3. The summed E-state index contributed by atoms with van der Waals surface area (Å²) < 4.78 is 0. The minimum absolute atomic E-state index is 0.116. The molecule has 0 bridgehead atoms. The van der Waals surface area contributed by atoms with E-state index in [0.717, 1.165) is 21.8 Å². The van der Waals surface area contributed by atoms with Crippen molar-refractivity contribution in [2.24, 2.45) is 5.92 Å². The van der Waals surface area contributed by atoms with Gasteiger partial charge >= 0.3 is 0 Å². The third-order valence-corrected chi connectivity index (χ3v) is 3.79. The monoisotopic (exact) mass is 217 g/mol. The lowest BCUT2D eigenvalue weighted by Crippen LogP contribution is -2.21. The van der Waals surface area contributed by atoms with Gasteiger partial charge in [-0.15, -0.1) is 11.8 Å². The molecular weight excluding hydrogens is 206 g/mol. The quantitative estimate of drug-likeness (QED) is 0.726. The van der Waals surface area contributed by atoms with Crippen molar-refractivity contribution in [1.82, 2.24) is 0 Å². The van der Waals surface area contributed by atoms with Gasteiger partial charge in [-0.2, -0.15) is 5.26 Å². The number of rotatable bonds is 1. The Balaban J connectivity index is 2.37. The fourth-order valence-corrected chi connectivity index (χ4v) is 2.84. The lowest BCUT2D eigenvalue weighted by molar-refractivity contribution is 0.0928. The smallest absolute Gasteiger partial charge is 0.168 e. The highest BCUT2D eigenvalue weighted by Crippen LogP contribution is 2.34. The first-order chi connectivity index (χ1) is 7.22. The Morgan fingerprint density at radius 2 is 2.40 bits per heavy atom. The molecule has 0 spiro atoms. The molecule has 1 aliphatic rings. The van der Waals surface area contributed by atoms with Crippen LogP contribution < -0.4 is 0 Å². The molecule has 0 fully saturated rings. The van der Waals surface area contributed by atoms with E-state index in [-0.39, 0.29) is 11.7 Å². The molecule has 2 nitrogen and oxygen atoms in total. The van der Waals surface area contributed by atoms with Crippen LogP contribution in [0.5, 0.6) is 0 Å². The summed E-state index contributed by atoms with van der Waals surface area (Å²) in [6.07, 6.45) is 0.333. The van der Waals surface area contributed by atoms with Crippen LogP contribution in [0.2, 0.25) is 0 Å². The van der Waals surface area contributed by atoms with Crippen LogP contribution in [-0.2, 0) is 0 Å². The molecule has 0 saturated heterocycles. The van der Waals surface area contributed by atoms with Crippen LogP contribution >= 0.6 is 11.8 Å². The molecule has 0 radical (unpaired) electrons. The second kappa shape index (κ2) is 4.08. The number of ketones is 1. The molecule has 3 heteroatoms. The zero-order chi connectivity index (χ0) is 10.8. The highest BCUT2D eigenvalue weighted by molar-refractivity contribution is 7.99. The van der Waals surface area contributed by atoms with E-state index in [1.54, 1.807) is 11.8 Å². The number of carbonyl (C=O) groups is 1. The summed E-state index contributed by atoms with van der Waals surface area (Å²) in [5.41, 5.74) is 1.90. The maximum absolute atomic E-state index is 12.0. The summed E-state index contributed by atoms with van der Waals surface area (Å²) in [4.78, 5) is 13.0. The van der Waals surface area contributed by atoms with Crippen molar-refractivity contribution in [3.05, 3.63) is 29.3 Å². The minimum atomic E-state index is -0.116. The first-order valence-electron chi connectivity index (χ1n) is 4.87. The summed E-state index contributed by atoms with van der Waals surface area (Å²) >= 11 is 1.68. The molecule has 1 heterocycles. The Labute approximate surface area is 93.3 Å². The van der Waals surface area contributed by atoms with Crippen LogP contribution in [0.25, 0.3) is 0 Å². The molecule has 1 aromatic rings. The predicted octanol–water partition coefficient (Wildman–Crippen LogP) is 2.81. The van der Waals surface area contributed by atoms with Gasteiger partial charge < -0.3 is 0 Å². The number of fused-ring (bicyclic) bond motifs is 1. The van der Waals surface area contributed by atoms with E-state index in [4.69, 9.17) is 5.26 Å². The van der Waals surface area contributed by atoms with Crippen LogP contribution in [0.15, 0.2) is 23.1 Å². The molecule has 2 rings (SSSR count). The number of benzene rings is 1. The number of carbonyl (C=O) groups excluding carboxylic acids is 1. The van der Waals surface area contributed by atoms with Gasteiger partial charge in [-0.05, 0) is 19.1 Å². The molecule has 76 valence electrons. The van der Waals surface area contributed by atoms with Crippen molar-refractivity contribution in [2.75, 3.05) is 5.75 Å². The second-order valence-electron chi connectivity index (χ2n) is 3.73. The molecular formula is C12H11NOS. The van der Waals surface area contributed by atoms with Crippen LogP contribution in [0.1, 0.15) is 22.3 Å². The summed E-state index contributed by atoms with van der Waals surface area (Å²) in [6, 6.07) is 8.02. The average molecular weight is 217 g/mol. The first-order valence-corrected chi connectivity index (χ1v) is 5.85. The molecule has 1 aromatic carbocycles. The molecule has 0 aliphatic carbocycles. The van der Waals surface area contributed by atoms with Crippen LogP contribution in [0, 0.1) is 24.2 Å². The number of thioether (sulfide) groups is 1. The normalized spacial score (nSPS) is 19.5. The van der Waals surface area contributed by atoms with Crippen molar-refractivity contribution >= 4 is 17.5 Å². The Morgan fingerprint density at radius 3 is 3.13 bits per heavy atom. The fourth-order valence-electron chi connectivity index (χ4n) is 1.71. The van der Waals surface area contributed by atoms with Gasteiger partial charge in [0.25, 0.3) is 0 Å². The average Bonchev–Trinajstić information content (AvgIpc) is 2.23. The van der Waals surface area contributed by atoms with Crippen molar-refractivity contribution in [3.63, 3.8) is 0 Å². The van der Waals surface area contributed by atoms with Gasteiger partial charge in [0.1, 0.15) is 0 Å². The largest absolute Gasteiger partial charge is 0.294 e. The Kier molecular flexibility index (Phi) is 2.79. The summed E-state index contributed by atoms with van der Waals surface area (Å²) in [5.74, 6) is 0.755. The van der Waals surface area contributed by atoms with E-state index < -0.39 is 0 Å². The molecule has 1 unspecified atom stereocenters. The van der Waals surface area contributed by atoms with E-state index in [1.807, 2.05) is 25.1 Å². The third-order valence-electron chi connectivity index (χ3n) is 2.55. The number of aryl methyl sites for hydroxylation is 1. The molecule has 0 amide bonds. The Bertz CT molecular complexity index is 447.